The van der Waals surface area contributed by atoms with Gasteiger partial charge in [-0.25, -0.2) is 4.98 Å². The van der Waals surface area contributed by atoms with Crippen LogP contribution in [0.1, 0.15) is 17.9 Å². The minimum atomic E-state index is -0.714. The largest absolute Gasteiger partial charge is 0.364 e. The highest BCUT2D eigenvalue weighted by Crippen LogP contribution is 2.40. The molecule has 8 heteroatoms. The lowest BCUT2D eigenvalue weighted by Crippen LogP contribution is -2.37. The first kappa shape index (κ1) is 14.9. The van der Waals surface area contributed by atoms with Gasteiger partial charge in [-0.15, -0.1) is 0 Å². The molecule has 0 aliphatic carbocycles. The predicted octanol–water partition coefficient (Wildman–Crippen LogP) is 2.25. The molecule has 1 fully saturated rings. The number of nitrogens with one attached hydrogen (secondary N) is 1. The first-order chi connectivity index (χ1) is 11.6. The SMILES string of the molecule is O=C1CC(c2cc3ccccc3nc2Cl)C([N+](=O)[O-])=C2NCCN12. The summed E-state index contributed by atoms with van der Waals surface area (Å²) in [5.41, 5.74) is 1.20. The first-order valence-electron chi connectivity index (χ1n) is 7.54. The number of amides is 1. The van der Waals surface area contributed by atoms with Gasteiger partial charge in [0.25, 0.3) is 5.70 Å². The number of nitrogens with zero attached hydrogens (tertiary/aromatic N) is 3. The zero-order valence-corrected chi connectivity index (χ0v) is 13.3. The van der Waals surface area contributed by atoms with Crippen molar-refractivity contribution in [1.29, 1.82) is 0 Å². The van der Waals surface area contributed by atoms with Gasteiger partial charge in [0.1, 0.15) is 5.15 Å². The molecular weight excluding hydrogens is 332 g/mol. The lowest BCUT2D eigenvalue weighted by Gasteiger charge is -2.27. The standard InChI is InChI=1S/C16H13ClN4O3/c17-15-11(7-9-3-1-2-4-12(9)19-15)10-8-13(22)20-6-5-18-16(20)14(10)21(23)24/h1-4,7,10,18H,5-6,8H2. The molecule has 0 spiro atoms. The summed E-state index contributed by atoms with van der Waals surface area (Å²) in [5, 5.41) is 15.6. The van der Waals surface area contributed by atoms with E-state index in [0.717, 1.165) is 5.39 Å². The number of fused-ring (bicyclic) bond motifs is 2. The third-order valence-corrected chi connectivity index (χ3v) is 4.73. The van der Waals surface area contributed by atoms with Gasteiger partial charge < -0.3 is 5.32 Å². The number of halogens is 1. The number of para-hydroxylation sites is 1. The fourth-order valence-corrected chi connectivity index (χ4v) is 3.62. The summed E-state index contributed by atoms with van der Waals surface area (Å²) in [7, 11) is 0. The number of hydrogen-bond acceptors (Lipinski definition) is 5. The average molecular weight is 345 g/mol. The van der Waals surface area contributed by atoms with E-state index in [1.165, 1.54) is 4.90 Å². The highest BCUT2D eigenvalue weighted by atomic mass is 35.5. The molecule has 0 saturated carbocycles. The maximum Gasteiger partial charge on any atom is 0.294 e. The van der Waals surface area contributed by atoms with Gasteiger partial charge in [0.15, 0.2) is 5.82 Å². The number of benzene rings is 1. The number of carbonyl (C=O) groups is 1. The molecule has 7 nitrogen and oxygen atoms in total. The molecule has 1 unspecified atom stereocenters. The monoisotopic (exact) mass is 344 g/mol. The van der Waals surface area contributed by atoms with Crippen LogP contribution in [0.3, 0.4) is 0 Å². The van der Waals surface area contributed by atoms with Crippen molar-refractivity contribution in [2.24, 2.45) is 0 Å². The Morgan fingerprint density at radius 1 is 1.38 bits per heavy atom. The molecule has 24 heavy (non-hydrogen) atoms. The zero-order chi connectivity index (χ0) is 16.8. The van der Waals surface area contributed by atoms with Crippen LogP contribution in [0, 0.1) is 10.1 Å². The van der Waals surface area contributed by atoms with E-state index in [9.17, 15) is 14.9 Å². The van der Waals surface area contributed by atoms with Gasteiger partial charge >= 0.3 is 0 Å². The van der Waals surface area contributed by atoms with Crippen LogP contribution in [-0.2, 0) is 4.79 Å². The van der Waals surface area contributed by atoms with E-state index in [-0.39, 0.29) is 29.0 Å². The van der Waals surface area contributed by atoms with E-state index in [2.05, 4.69) is 10.3 Å². The lowest BCUT2D eigenvalue weighted by atomic mass is 9.89. The molecule has 0 radical (unpaired) electrons. The minimum absolute atomic E-state index is 0.0151. The van der Waals surface area contributed by atoms with Crippen molar-refractivity contribution in [2.75, 3.05) is 13.1 Å². The topological polar surface area (TPSA) is 88.4 Å². The average Bonchev–Trinajstić information content (AvgIpc) is 3.03. The number of allylic oxidation sites excluding steroid dienone is 1. The van der Waals surface area contributed by atoms with Crippen molar-refractivity contribution in [3.63, 3.8) is 0 Å². The van der Waals surface area contributed by atoms with Crippen LogP contribution in [-0.4, -0.2) is 33.8 Å². The summed E-state index contributed by atoms with van der Waals surface area (Å²) in [4.78, 5) is 29.4. The van der Waals surface area contributed by atoms with Gasteiger partial charge in [0.2, 0.25) is 5.91 Å². The summed E-state index contributed by atoms with van der Waals surface area (Å²) in [6.07, 6.45) is 0.0151. The second kappa shape index (κ2) is 5.45. The second-order valence-electron chi connectivity index (χ2n) is 5.78. The van der Waals surface area contributed by atoms with E-state index < -0.39 is 10.8 Å². The Bertz CT molecular complexity index is 911. The molecule has 1 aromatic heterocycles. The van der Waals surface area contributed by atoms with Crippen LogP contribution in [0.2, 0.25) is 5.15 Å². The molecule has 122 valence electrons. The maximum absolute atomic E-state index is 12.4. The van der Waals surface area contributed by atoms with Crippen molar-refractivity contribution < 1.29 is 9.72 Å². The van der Waals surface area contributed by atoms with Crippen LogP contribution in [0.4, 0.5) is 0 Å². The molecule has 4 rings (SSSR count). The zero-order valence-electron chi connectivity index (χ0n) is 12.5. The number of carbonyl (C=O) groups excluding carboxylic acids is 1. The van der Waals surface area contributed by atoms with Gasteiger partial charge in [-0.1, -0.05) is 29.8 Å². The number of pyridine rings is 1. The highest BCUT2D eigenvalue weighted by molar-refractivity contribution is 6.30. The molecule has 1 amide bonds. The third-order valence-electron chi connectivity index (χ3n) is 4.43. The van der Waals surface area contributed by atoms with Gasteiger partial charge in [0.05, 0.1) is 16.4 Å². The first-order valence-corrected chi connectivity index (χ1v) is 7.92. The van der Waals surface area contributed by atoms with Gasteiger partial charge in [-0.2, -0.15) is 0 Å². The number of nitro groups is 1. The van der Waals surface area contributed by atoms with Crippen molar-refractivity contribution in [2.45, 2.75) is 12.3 Å². The molecule has 2 aliphatic heterocycles. The van der Waals surface area contributed by atoms with Gasteiger partial charge in [-0.3, -0.25) is 19.8 Å². The minimum Gasteiger partial charge on any atom is -0.364 e. The summed E-state index contributed by atoms with van der Waals surface area (Å²) in [6, 6.07) is 9.19. The lowest BCUT2D eigenvalue weighted by molar-refractivity contribution is -0.433. The van der Waals surface area contributed by atoms with Crippen LogP contribution in [0.15, 0.2) is 41.8 Å². The summed E-state index contributed by atoms with van der Waals surface area (Å²) < 4.78 is 0. The van der Waals surface area contributed by atoms with Crippen LogP contribution in [0.25, 0.3) is 10.9 Å². The maximum atomic E-state index is 12.4. The molecule has 1 saturated heterocycles. The number of hydrogen-bond donors (Lipinski definition) is 1. The van der Waals surface area contributed by atoms with Gasteiger partial charge in [0, 0.05) is 30.5 Å². The molecular formula is C16H13ClN4O3. The van der Waals surface area contributed by atoms with Crippen LogP contribution < -0.4 is 5.32 Å². The number of aromatic nitrogens is 1. The Labute approximate surface area is 142 Å². The molecule has 0 bridgehead atoms. The Hall–Kier alpha value is -2.67. The molecule has 1 aromatic carbocycles. The molecule has 2 aliphatic rings. The Balaban J connectivity index is 1.91. The fraction of sp³-hybridized carbons (Fsp3) is 0.250. The van der Waals surface area contributed by atoms with Crippen molar-refractivity contribution >= 4 is 28.4 Å². The highest BCUT2D eigenvalue weighted by Gasteiger charge is 2.44. The third kappa shape index (κ3) is 2.20. The summed E-state index contributed by atoms with van der Waals surface area (Å²) in [6.45, 7) is 0.955. The van der Waals surface area contributed by atoms with Crippen molar-refractivity contribution in [1.82, 2.24) is 15.2 Å². The van der Waals surface area contributed by atoms with Crippen molar-refractivity contribution in [3.8, 4) is 0 Å². The van der Waals surface area contributed by atoms with E-state index in [1.807, 2.05) is 24.3 Å². The molecule has 1 atom stereocenters. The second-order valence-corrected chi connectivity index (χ2v) is 6.14. The summed E-state index contributed by atoms with van der Waals surface area (Å²) >= 11 is 6.30. The van der Waals surface area contributed by atoms with Crippen LogP contribution in [0.5, 0.6) is 0 Å². The van der Waals surface area contributed by atoms with Gasteiger partial charge in [-0.05, 0) is 12.1 Å². The number of rotatable bonds is 2. The fourth-order valence-electron chi connectivity index (χ4n) is 3.34. The normalized spacial score (nSPS) is 20.3. The molecule has 3 heterocycles. The van der Waals surface area contributed by atoms with E-state index in [1.54, 1.807) is 6.07 Å². The Morgan fingerprint density at radius 2 is 2.17 bits per heavy atom. The van der Waals surface area contributed by atoms with Crippen molar-refractivity contribution in [3.05, 3.63) is 62.7 Å². The van der Waals surface area contributed by atoms with Crippen LogP contribution >= 0.6 is 11.6 Å². The quantitative estimate of drug-likeness (QED) is 0.513. The van der Waals surface area contributed by atoms with E-state index in [0.29, 0.717) is 24.2 Å². The predicted molar refractivity (Wildman–Crippen MR) is 87.8 cm³/mol. The van der Waals surface area contributed by atoms with E-state index in [4.69, 9.17) is 11.6 Å². The smallest absolute Gasteiger partial charge is 0.294 e. The molecule has 2 aromatic rings. The Morgan fingerprint density at radius 3 is 2.96 bits per heavy atom. The molecule has 1 N–H and O–H groups in total. The summed E-state index contributed by atoms with van der Waals surface area (Å²) in [5.74, 6) is -0.575. The van der Waals surface area contributed by atoms with E-state index >= 15 is 0 Å². The Kier molecular flexibility index (Phi) is 3.38.